The molecule has 1 aromatic heterocycles. The molecular formula is C24H24N2O2. The fraction of sp³-hybridized carbons (Fsp3) is 0.333. The Kier molecular flexibility index (Phi) is 4.67. The summed E-state index contributed by atoms with van der Waals surface area (Å²) in [5, 5.41) is 1.03. The Morgan fingerprint density at radius 1 is 0.964 bits per heavy atom. The average Bonchev–Trinajstić information content (AvgIpc) is 2.73. The molecule has 5 rings (SSSR count). The topological polar surface area (TPSA) is 42.4 Å². The van der Waals surface area contributed by atoms with Crippen LogP contribution in [0.2, 0.25) is 0 Å². The molecule has 2 aliphatic rings. The van der Waals surface area contributed by atoms with Gasteiger partial charge in [-0.1, -0.05) is 48.5 Å². The van der Waals surface area contributed by atoms with Gasteiger partial charge in [-0.15, -0.1) is 0 Å². The molecule has 4 heteroatoms. The van der Waals surface area contributed by atoms with Gasteiger partial charge in [0.2, 0.25) is 0 Å². The molecule has 2 fully saturated rings. The monoisotopic (exact) mass is 372 g/mol. The van der Waals surface area contributed by atoms with E-state index in [1.165, 1.54) is 5.56 Å². The molecule has 2 unspecified atom stereocenters. The van der Waals surface area contributed by atoms with Crippen molar-refractivity contribution in [1.29, 1.82) is 0 Å². The minimum absolute atomic E-state index is 0.0403. The average molecular weight is 372 g/mol. The summed E-state index contributed by atoms with van der Waals surface area (Å²) in [7, 11) is 0. The lowest BCUT2D eigenvalue weighted by atomic mass is 9.80. The summed E-state index contributed by atoms with van der Waals surface area (Å²) >= 11 is 0. The minimum atomic E-state index is 0.0403. The van der Waals surface area contributed by atoms with Gasteiger partial charge in [0.1, 0.15) is 0 Å². The number of benzene rings is 2. The van der Waals surface area contributed by atoms with Gasteiger partial charge in [-0.2, -0.15) is 0 Å². The number of ether oxygens (including phenoxy) is 1. The highest BCUT2D eigenvalue weighted by atomic mass is 16.5. The SMILES string of the molecule is O=C(c1cccc2cccnc12)C1CC2COCC(C1)N2Cc1ccccc1. The summed E-state index contributed by atoms with van der Waals surface area (Å²) < 4.78 is 5.84. The first kappa shape index (κ1) is 17.5. The van der Waals surface area contributed by atoms with Crippen LogP contribution in [0.25, 0.3) is 10.9 Å². The highest BCUT2D eigenvalue weighted by Gasteiger charge is 2.41. The summed E-state index contributed by atoms with van der Waals surface area (Å²) in [5.74, 6) is 0.277. The van der Waals surface area contributed by atoms with Crippen molar-refractivity contribution in [2.24, 2.45) is 5.92 Å². The van der Waals surface area contributed by atoms with Gasteiger partial charge in [-0.05, 0) is 30.5 Å². The summed E-state index contributed by atoms with van der Waals surface area (Å²) in [6.07, 6.45) is 3.47. The van der Waals surface area contributed by atoms with Crippen molar-refractivity contribution in [3.8, 4) is 0 Å². The highest BCUT2D eigenvalue weighted by Crippen LogP contribution is 2.35. The van der Waals surface area contributed by atoms with E-state index in [1.807, 2.05) is 30.3 Å². The van der Waals surface area contributed by atoms with Crippen molar-refractivity contribution < 1.29 is 9.53 Å². The molecule has 28 heavy (non-hydrogen) atoms. The molecule has 0 amide bonds. The number of Topliss-reactive ketones (excluding diaryl/α,β-unsaturated/α-hetero) is 1. The normalized spacial score (nSPS) is 24.9. The van der Waals surface area contributed by atoms with E-state index in [1.54, 1.807) is 6.20 Å². The smallest absolute Gasteiger partial charge is 0.168 e. The van der Waals surface area contributed by atoms with Gasteiger partial charge in [-0.3, -0.25) is 14.7 Å². The van der Waals surface area contributed by atoms with E-state index < -0.39 is 0 Å². The number of pyridine rings is 1. The van der Waals surface area contributed by atoms with Crippen LogP contribution in [-0.2, 0) is 11.3 Å². The van der Waals surface area contributed by atoms with Gasteiger partial charge in [-0.25, -0.2) is 0 Å². The largest absolute Gasteiger partial charge is 0.378 e. The number of fused-ring (bicyclic) bond motifs is 3. The van der Waals surface area contributed by atoms with Gasteiger partial charge in [0.15, 0.2) is 5.78 Å². The Morgan fingerprint density at radius 3 is 2.50 bits per heavy atom. The van der Waals surface area contributed by atoms with E-state index in [9.17, 15) is 4.79 Å². The number of rotatable bonds is 4. The molecule has 3 heterocycles. The Morgan fingerprint density at radius 2 is 1.71 bits per heavy atom. The third-order valence-corrected chi connectivity index (χ3v) is 6.15. The van der Waals surface area contributed by atoms with E-state index in [0.717, 1.165) is 35.9 Å². The zero-order valence-electron chi connectivity index (χ0n) is 15.8. The lowest BCUT2D eigenvalue weighted by molar-refractivity contribution is -0.0872. The molecular weight excluding hydrogens is 348 g/mol. The first-order valence-electron chi connectivity index (χ1n) is 10.0. The van der Waals surface area contributed by atoms with Gasteiger partial charge in [0.05, 0.1) is 18.7 Å². The third-order valence-electron chi connectivity index (χ3n) is 6.15. The molecule has 0 spiro atoms. The molecule has 4 nitrogen and oxygen atoms in total. The van der Waals surface area contributed by atoms with Crippen molar-refractivity contribution >= 4 is 16.7 Å². The summed E-state index contributed by atoms with van der Waals surface area (Å²) in [6.45, 7) is 2.35. The Balaban J connectivity index is 1.39. The van der Waals surface area contributed by atoms with Crippen LogP contribution in [-0.4, -0.2) is 41.0 Å². The molecule has 0 N–H and O–H groups in total. The second-order valence-electron chi connectivity index (χ2n) is 7.92. The van der Waals surface area contributed by atoms with E-state index in [2.05, 4.69) is 40.2 Å². The minimum Gasteiger partial charge on any atom is -0.378 e. The second kappa shape index (κ2) is 7.46. The van der Waals surface area contributed by atoms with Crippen LogP contribution >= 0.6 is 0 Å². The summed E-state index contributed by atoms with van der Waals surface area (Å²) in [4.78, 5) is 20.4. The Bertz CT molecular complexity index is 969. The van der Waals surface area contributed by atoms with Crippen molar-refractivity contribution in [1.82, 2.24) is 9.88 Å². The number of morpholine rings is 1. The molecule has 2 aromatic carbocycles. The van der Waals surface area contributed by atoms with Crippen LogP contribution < -0.4 is 0 Å². The number of carbonyl (C=O) groups is 1. The number of ketones is 1. The predicted octanol–water partition coefficient (Wildman–Crippen LogP) is 4.10. The van der Waals surface area contributed by atoms with Gasteiger partial charge in [0.25, 0.3) is 0 Å². The molecule has 0 radical (unpaired) electrons. The highest BCUT2D eigenvalue weighted by molar-refractivity contribution is 6.07. The Labute approximate surface area is 165 Å². The van der Waals surface area contributed by atoms with Crippen molar-refractivity contribution in [2.45, 2.75) is 31.5 Å². The van der Waals surface area contributed by atoms with Crippen LogP contribution in [0, 0.1) is 5.92 Å². The number of hydrogen-bond acceptors (Lipinski definition) is 4. The van der Waals surface area contributed by atoms with Gasteiger partial charge >= 0.3 is 0 Å². The van der Waals surface area contributed by atoms with Crippen LogP contribution in [0.5, 0.6) is 0 Å². The standard InChI is InChI=1S/C24H24N2O2/c27-24(22-10-4-8-18-9-5-11-25-23(18)22)19-12-20-15-28-16-21(13-19)26(20)14-17-6-2-1-3-7-17/h1-11,19-21H,12-16H2. The fourth-order valence-corrected chi connectivity index (χ4v) is 4.78. The van der Waals surface area contributed by atoms with Crippen molar-refractivity contribution in [3.05, 3.63) is 78.0 Å². The van der Waals surface area contributed by atoms with Crippen LogP contribution in [0.1, 0.15) is 28.8 Å². The van der Waals surface area contributed by atoms with Crippen molar-refractivity contribution in [3.63, 3.8) is 0 Å². The van der Waals surface area contributed by atoms with Crippen LogP contribution in [0.15, 0.2) is 66.9 Å². The van der Waals surface area contributed by atoms with E-state index in [0.29, 0.717) is 25.3 Å². The maximum Gasteiger partial charge on any atom is 0.168 e. The Hall–Kier alpha value is -2.56. The van der Waals surface area contributed by atoms with Crippen LogP contribution in [0.4, 0.5) is 0 Å². The summed E-state index contributed by atoms with van der Waals surface area (Å²) in [6, 6.07) is 21.0. The first-order chi connectivity index (χ1) is 13.8. The van der Waals surface area contributed by atoms with Crippen LogP contribution in [0.3, 0.4) is 0 Å². The van der Waals surface area contributed by atoms with Gasteiger partial charge in [0, 0.05) is 41.7 Å². The first-order valence-corrected chi connectivity index (χ1v) is 10.0. The molecule has 2 saturated heterocycles. The molecule has 0 aliphatic carbocycles. The number of aromatic nitrogens is 1. The van der Waals surface area contributed by atoms with E-state index >= 15 is 0 Å². The number of para-hydroxylation sites is 1. The fourth-order valence-electron chi connectivity index (χ4n) is 4.78. The summed E-state index contributed by atoms with van der Waals surface area (Å²) in [5.41, 5.74) is 2.91. The number of carbonyl (C=O) groups excluding carboxylic acids is 1. The third kappa shape index (κ3) is 3.23. The molecule has 2 bridgehead atoms. The predicted molar refractivity (Wildman–Crippen MR) is 109 cm³/mol. The zero-order valence-corrected chi connectivity index (χ0v) is 15.8. The number of piperidine rings is 1. The maximum atomic E-state index is 13.4. The molecule has 2 atom stereocenters. The molecule has 3 aromatic rings. The van der Waals surface area contributed by atoms with Gasteiger partial charge < -0.3 is 4.74 Å². The van der Waals surface area contributed by atoms with E-state index in [4.69, 9.17) is 4.74 Å². The molecule has 2 aliphatic heterocycles. The number of hydrogen-bond donors (Lipinski definition) is 0. The number of nitrogens with zero attached hydrogens (tertiary/aromatic N) is 2. The van der Waals surface area contributed by atoms with Crippen molar-refractivity contribution in [2.75, 3.05) is 13.2 Å². The molecule has 142 valence electrons. The lowest BCUT2D eigenvalue weighted by Crippen LogP contribution is -2.57. The zero-order chi connectivity index (χ0) is 18.9. The second-order valence-corrected chi connectivity index (χ2v) is 7.92. The molecule has 0 saturated carbocycles. The quantitative estimate of drug-likeness (QED) is 0.647. The lowest BCUT2D eigenvalue weighted by Gasteiger charge is -2.48. The van der Waals surface area contributed by atoms with E-state index in [-0.39, 0.29) is 11.7 Å². The maximum absolute atomic E-state index is 13.4.